The van der Waals surface area contributed by atoms with Gasteiger partial charge >= 0.3 is 0 Å². The van der Waals surface area contributed by atoms with Crippen molar-refractivity contribution in [3.8, 4) is 0 Å². The van der Waals surface area contributed by atoms with E-state index in [4.69, 9.17) is 11.6 Å². The van der Waals surface area contributed by atoms with Crippen LogP contribution in [-0.2, 0) is 12.2 Å². The number of hydrogen-bond donors (Lipinski definition) is 0. The van der Waals surface area contributed by atoms with Gasteiger partial charge in [-0.3, -0.25) is 4.79 Å². The zero-order valence-electron chi connectivity index (χ0n) is 15.5. The van der Waals surface area contributed by atoms with Crippen molar-refractivity contribution in [3.63, 3.8) is 0 Å². The fourth-order valence-corrected chi connectivity index (χ4v) is 4.58. The summed E-state index contributed by atoms with van der Waals surface area (Å²) >= 11 is 7.49. The molecule has 4 aromatic rings. The van der Waals surface area contributed by atoms with Gasteiger partial charge in [-0.05, 0) is 35.6 Å². The van der Waals surface area contributed by atoms with Crippen LogP contribution in [0.4, 0.5) is 0 Å². The number of Topliss-reactive ketones (excluding diaryl/α,β-unsaturated/α-hetero) is 1. The first-order valence-corrected chi connectivity index (χ1v) is 10.7. The van der Waals surface area contributed by atoms with E-state index in [9.17, 15) is 4.79 Å². The molecule has 2 heterocycles. The van der Waals surface area contributed by atoms with Crippen molar-refractivity contribution in [2.24, 2.45) is 0 Å². The fraction of sp³-hybridized carbons (Fsp3) is 0.182. The molecule has 1 aliphatic rings. The third-order valence-electron chi connectivity index (χ3n) is 5.17. The summed E-state index contributed by atoms with van der Waals surface area (Å²) in [6.45, 7) is 0. The Labute approximate surface area is 177 Å². The highest BCUT2D eigenvalue weighted by atomic mass is 35.5. The Morgan fingerprint density at radius 1 is 1.07 bits per heavy atom. The van der Waals surface area contributed by atoms with Crippen LogP contribution in [0, 0.1) is 0 Å². The molecular formula is C22H17ClN4OS. The van der Waals surface area contributed by atoms with E-state index in [0.717, 1.165) is 28.5 Å². The van der Waals surface area contributed by atoms with Gasteiger partial charge in [0.25, 0.3) is 5.78 Å². The maximum absolute atomic E-state index is 12.7. The van der Waals surface area contributed by atoms with Gasteiger partial charge in [-0.1, -0.05) is 65.8 Å². The minimum Gasteiger partial charge on any atom is -0.294 e. The molecular weight excluding hydrogens is 404 g/mol. The zero-order valence-corrected chi connectivity index (χ0v) is 17.0. The second-order valence-corrected chi connectivity index (χ2v) is 8.46. The molecule has 0 radical (unpaired) electrons. The summed E-state index contributed by atoms with van der Waals surface area (Å²) in [6.07, 6.45) is 2.89. The van der Waals surface area contributed by atoms with E-state index in [1.807, 2.05) is 42.5 Å². The number of aromatic nitrogens is 4. The molecule has 5 rings (SSSR count). The van der Waals surface area contributed by atoms with Crippen molar-refractivity contribution in [2.45, 2.75) is 29.7 Å². The predicted molar refractivity (Wildman–Crippen MR) is 114 cm³/mol. The van der Waals surface area contributed by atoms with Crippen molar-refractivity contribution in [1.82, 2.24) is 19.6 Å². The van der Waals surface area contributed by atoms with E-state index >= 15 is 0 Å². The van der Waals surface area contributed by atoms with E-state index in [2.05, 4.69) is 27.2 Å². The summed E-state index contributed by atoms with van der Waals surface area (Å²) in [5, 5.41) is 6.02. The number of nitrogens with zero attached hydrogens (tertiary/aromatic N) is 4. The highest BCUT2D eigenvalue weighted by Crippen LogP contribution is 2.33. The number of carbonyl (C=O) groups excluding carboxylic acids is 1. The smallest absolute Gasteiger partial charge is 0.253 e. The molecule has 1 unspecified atom stereocenters. The molecule has 5 nitrogen and oxygen atoms in total. The average molecular weight is 421 g/mol. The molecule has 0 saturated carbocycles. The minimum absolute atomic E-state index is 0.111. The molecule has 144 valence electrons. The number of benzene rings is 2. The second-order valence-electron chi connectivity index (χ2n) is 7.08. The quantitative estimate of drug-likeness (QED) is 0.435. The molecule has 2 aromatic carbocycles. The summed E-state index contributed by atoms with van der Waals surface area (Å²) < 4.78 is 1.74. The highest BCUT2D eigenvalue weighted by Gasteiger charge is 2.29. The number of carbonyl (C=O) groups is 1. The molecule has 0 bridgehead atoms. The van der Waals surface area contributed by atoms with Crippen molar-refractivity contribution >= 4 is 34.9 Å². The third-order valence-corrected chi connectivity index (χ3v) is 6.33. The Morgan fingerprint density at radius 2 is 1.86 bits per heavy atom. The Morgan fingerprint density at radius 3 is 2.66 bits per heavy atom. The Kier molecular flexibility index (Phi) is 4.81. The van der Waals surface area contributed by atoms with Crippen molar-refractivity contribution in [2.75, 3.05) is 0 Å². The highest BCUT2D eigenvalue weighted by molar-refractivity contribution is 7.98. The SMILES string of the molecule is O=C1CC(c2ccccc2)Cc2c1cnc1nc(SCc3ccc(Cl)cc3)nn21. The van der Waals surface area contributed by atoms with Crippen molar-refractivity contribution in [3.05, 3.63) is 88.2 Å². The van der Waals surface area contributed by atoms with E-state index in [0.29, 0.717) is 22.9 Å². The molecule has 1 atom stereocenters. The van der Waals surface area contributed by atoms with E-state index in [1.165, 1.54) is 5.56 Å². The van der Waals surface area contributed by atoms with Crippen LogP contribution >= 0.6 is 23.4 Å². The van der Waals surface area contributed by atoms with Gasteiger partial charge in [-0.2, -0.15) is 9.50 Å². The Bertz CT molecular complexity index is 1190. The minimum atomic E-state index is 0.111. The van der Waals surface area contributed by atoms with Crippen LogP contribution in [0.5, 0.6) is 0 Å². The predicted octanol–water partition coefficient (Wildman–Crippen LogP) is 4.98. The zero-order chi connectivity index (χ0) is 19.8. The molecule has 0 spiro atoms. The first kappa shape index (κ1) is 18.3. The van der Waals surface area contributed by atoms with Gasteiger partial charge in [0.15, 0.2) is 5.78 Å². The topological polar surface area (TPSA) is 60.2 Å². The number of thioether (sulfide) groups is 1. The normalized spacial score (nSPS) is 16.2. The van der Waals surface area contributed by atoms with Crippen LogP contribution in [0.15, 0.2) is 66.0 Å². The summed E-state index contributed by atoms with van der Waals surface area (Å²) in [5.41, 5.74) is 3.87. The summed E-state index contributed by atoms with van der Waals surface area (Å²) in [4.78, 5) is 21.7. The van der Waals surface area contributed by atoms with Crippen LogP contribution in [0.25, 0.3) is 5.78 Å². The molecule has 0 saturated heterocycles. The van der Waals surface area contributed by atoms with Gasteiger partial charge in [-0.25, -0.2) is 4.98 Å². The maximum Gasteiger partial charge on any atom is 0.253 e. The van der Waals surface area contributed by atoms with Crippen molar-refractivity contribution < 1.29 is 4.79 Å². The van der Waals surface area contributed by atoms with Gasteiger partial charge < -0.3 is 0 Å². The van der Waals surface area contributed by atoms with Gasteiger partial charge in [0.1, 0.15) is 0 Å². The molecule has 1 aliphatic carbocycles. The molecule has 0 fully saturated rings. The third kappa shape index (κ3) is 3.66. The van der Waals surface area contributed by atoms with Crippen LogP contribution in [-0.4, -0.2) is 25.4 Å². The van der Waals surface area contributed by atoms with Gasteiger partial charge in [-0.15, -0.1) is 5.10 Å². The summed E-state index contributed by atoms with van der Waals surface area (Å²) in [5.74, 6) is 1.53. The number of rotatable bonds is 4. The van der Waals surface area contributed by atoms with E-state index in [-0.39, 0.29) is 11.7 Å². The van der Waals surface area contributed by atoms with E-state index in [1.54, 1.807) is 22.5 Å². The second kappa shape index (κ2) is 7.61. The molecule has 0 aliphatic heterocycles. The maximum atomic E-state index is 12.7. The van der Waals surface area contributed by atoms with Crippen LogP contribution in [0.2, 0.25) is 5.02 Å². The molecule has 29 heavy (non-hydrogen) atoms. The number of ketones is 1. The standard InChI is InChI=1S/C22H17ClN4OS/c23-17-8-6-14(7-9-17)13-29-22-25-21-24-12-18-19(27(21)26-22)10-16(11-20(18)28)15-4-2-1-3-5-15/h1-9,12,16H,10-11,13H2. The first-order valence-electron chi connectivity index (χ1n) is 9.37. The van der Waals surface area contributed by atoms with Gasteiger partial charge in [0.2, 0.25) is 5.16 Å². The number of hydrogen-bond acceptors (Lipinski definition) is 5. The Balaban J connectivity index is 1.45. The first-order chi connectivity index (χ1) is 14.2. The lowest BCUT2D eigenvalue weighted by molar-refractivity contribution is 0.0962. The molecule has 2 aromatic heterocycles. The van der Waals surface area contributed by atoms with Gasteiger partial charge in [0, 0.05) is 23.4 Å². The lowest BCUT2D eigenvalue weighted by Gasteiger charge is -2.23. The number of halogens is 1. The fourth-order valence-electron chi connectivity index (χ4n) is 3.68. The average Bonchev–Trinajstić information content (AvgIpc) is 3.17. The van der Waals surface area contributed by atoms with Crippen LogP contribution in [0.1, 0.15) is 39.5 Å². The Hall–Kier alpha value is -2.70. The van der Waals surface area contributed by atoms with Gasteiger partial charge in [0.05, 0.1) is 11.3 Å². The largest absolute Gasteiger partial charge is 0.294 e. The summed E-state index contributed by atoms with van der Waals surface area (Å²) in [6, 6.07) is 17.9. The number of fused-ring (bicyclic) bond motifs is 3. The lowest BCUT2D eigenvalue weighted by Crippen LogP contribution is -2.22. The van der Waals surface area contributed by atoms with Crippen LogP contribution in [0.3, 0.4) is 0 Å². The molecule has 7 heteroatoms. The molecule has 0 amide bonds. The van der Waals surface area contributed by atoms with Crippen LogP contribution < -0.4 is 0 Å². The summed E-state index contributed by atoms with van der Waals surface area (Å²) in [7, 11) is 0. The molecule has 0 N–H and O–H groups in total. The lowest BCUT2D eigenvalue weighted by atomic mass is 9.82. The van der Waals surface area contributed by atoms with Crippen molar-refractivity contribution in [1.29, 1.82) is 0 Å². The van der Waals surface area contributed by atoms with E-state index < -0.39 is 0 Å². The monoisotopic (exact) mass is 420 g/mol.